The van der Waals surface area contributed by atoms with Crippen molar-refractivity contribution in [2.24, 2.45) is 0 Å². The number of halogens is 1. The number of aliphatic hydroxyl groups is 2. The topological polar surface area (TPSA) is 159 Å². The first-order valence-electron chi connectivity index (χ1n) is 15.9. The largest absolute Gasteiger partial charge is 0.514 e. The van der Waals surface area contributed by atoms with Crippen molar-refractivity contribution in [1.82, 2.24) is 5.09 Å². The summed E-state index contributed by atoms with van der Waals surface area (Å²) in [5, 5.41) is 23.0. The first kappa shape index (κ1) is 38.3. The molecule has 0 bridgehead atoms. The molecular weight excluding hydrogens is 677 g/mol. The summed E-state index contributed by atoms with van der Waals surface area (Å²) < 4.78 is 45.7. The first-order valence-corrected chi connectivity index (χ1v) is 18.1. The molecule has 12 nitrogen and oxygen atoms in total. The van der Waals surface area contributed by atoms with Crippen LogP contribution in [0.1, 0.15) is 62.0 Å². The summed E-state index contributed by atoms with van der Waals surface area (Å²) in [6.45, 7) is 4.72. The molecule has 5 atom stereocenters. The van der Waals surface area contributed by atoms with E-state index in [0.717, 1.165) is 16.7 Å². The Morgan fingerprint density at radius 1 is 1.00 bits per heavy atom. The number of carbonyl (C=O) groups excluding carboxylic acids is 2. The number of methoxy groups -OCH3 is 1. The zero-order valence-electron chi connectivity index (χ0n) is 27.9. The van der Waals surface area contributed by atoms with Gasteiger partial charge in [-0.25, -0.2) is 9.88 Å². The molecular formula is C35H43ClNO11P. The molecule has 0 aromatic heterocycles. The number of aliphatic hydroxyl groups excluding tert-OH is 2. The van der Waals surface area contributed by atoms with Crippen LogP contribution in [0.5, 0.6) is 11.5 Å². The number of benzene rings is 3. The first-order chi connectivity index (χ1) is 23.4. The molecule has 3 aromatic carbocycles. The lowest BCUT2D eigenvalue weighted by atomic mass is 9.94. The minimum atomic E-state index is -3.63. The maximum atomic E-state index is 13.3. The van der Waals surface area contributed by atoms with Crippen molar-refractivity contribution in [1.29, 1.82) is 0 Å². The Labute approximate surface area is 291 Å². The van der Waals surface area contributed by atoms with Gasteiger partial charge in [0.25, 0.3) is 0 Å². The van der Waals surface area contributed by atoms with Crippen LogP contribution in [0, 0.1) is 0 Å². The number of hydrogen-bond acceptors (Lipinski definition) is 11. The van der Waals surface area contributed by atoms with Gasteiger partial charge >= 0.3 is 19.6 Å². The van der Waals surface area contributed by atoms with Gasteiger partial charge in [0, 0.05) is 25.0 Å². The highest BCUT2D eigenvalue weighted by Crippen LogP contribution is 2.43. The highest BCUT2D eigenvalue weighted by atomic mass is 35.5. The predicted molar refractivity (Wildman–Crippen MR) is 182 cm³/mol. The van der Waals surface area contributed by atoms with E-state index in [-0.39, 0.29) is 37.5 Å². The minimum absolute atomic E-state index is 0.0844. The monoisotopic (exact) mass is 719 g/mol. The van der Waals surface area contributed by atoms with Crippen LogP contribution in [0.25, 0.3) is 0 Å². The molecule has 4 rings (SSSR count). The third kappa shape index (κ3) is 11.8. The van der Waals surface area contributed by atoms with Crippen molar-refractivity contribution in [3.05, 3.63) is 94.0 Å². The van der Waals surface area contributed by atoms with Crippen molar-refractivity contribution in [3.8, 4) is 11.5 Å². The van der Waals surface area contributed by atoms with Gasteiger partial charge < -0.3 is 38.4 Å². The van der Waals surface area contributed by atoms with Gasteiger partial charge in [-0.15, -0.1) is 0 Å². The average Bonchev–Trinajstić information content (AvgIpc) is 3.05. The SMILES string of the molecule is COCP(=O)(N[C@@H](C)C(=O)OC(C)C)Oc1ccc(COC(=O)Oc2ccc(Cc3cc([C@H]4C[C@@H](O)C[C@@H](CO)O4)ccc3Cl)cc2)cc1. The third-order valence-electron chi connectivity index (χ3n) is 7.47. The maximum Gasteiger partial charge on any atom is 0.514 e. The van der Waals surface area contributed by atoms with Crippen LogP contribution in [-0.2, 0) is 41.3 Å². The van der Waals surface area contributed by atoms with Crippen LogP contribution in [0.15, 0.2) is 66.7 Å². The standard InChI is InChI=1S/C35H43ClNO11P/c1-22(2)45-34(40)23(3)37-49(42,21-43-4)48-30-12-7-25(8-13-30)20-44-35(41)47-29-10-5-24(6-11-29)15-27-16-26(9-14-32(27)36)33-18-28(39)17-31(19-38)46-33/h5-14,16,22-23,28,31,33,38-39H,15,17-21H2,1-4H3,(H,37,42)/t23-,28-,31-,33+,49?/m0/s1. The molecule has 0 spiro atoms. The van der Waals surface area contributed by atoms with Crippen molar-refractivity contribution in [2.45, 2.75) is 77.1 Å². The Balaban J connectivity index is 1.27. The summed E-state index contributed by atoms with van der Waals surface area (Å²) in [6.07, 6.45) is -1.46. The van der Waals surface area contributed by atoms with Crippen LogP contribution >= 0.6 is 19.1 Å². The average molecular weight is 720 g/mol. The van der Waals surface area contributed by atoms with Crippen LogP contribution in [-0.4, -0.2) is 66.8 Å². The van der Waals surface area contributed by atoms with Crippen molar-refractivity contribution in [2.75, 3.05) is 20.1 Å². The molecule has 3 aromatic rings. The fourth-order valence-corrected chi connectivity index (χ4v) is 7.04. The molecule has 0 radical (unpaired) electrons. The zero-order chi connectivity index (χ0) is 35.6. The molecule has 266 valence electrons. The van der Waals surface area contributed by atoms with Gasteiger partial charge in [0.15, 0.2) is 0 Å². The predicted octanol–water partition coefficient (Wildman–Crippen LogP) is 6.33. The van der Waals surface area contributed by atoms with Crippen LogP contribution in [0.4, 0.5) is 4.79 Å². The van der Waals surface area contributed by atoms with Crippen molar-refractivity contribution in [3.63, 3.8) is 0 Å². The molecule has 0 aliphatic carbocycles. The molecule has 14 heteroatoms. The number of carbonyl (C=O) groups is 2. The lowest BCUT2D eigenvalue weighted by molar-refractivity contribution is -0.149. The zero-order valence-corrected chi connectivity index (χ0v) is 29.5. The molecule has 3 N–H and O–H groups in total. The normalized spacial score (nSPS) is 19.5. The second-order valence-corrected chi connectivity index (χ2v) is 14.5. The van der Waals surface area contributed by atoms with Crippen molar-refractivity contribution >= 4 is 31.2 Å². The van der Waals surface area contributed by atoms with E-state index in [1.54, 1.807) is 56.3 Å². The van der Waals surface area contributed by atoms with Gasteiger partial charge in [-0.3, -0.25) is 9.36 Å². The minimum Gasteiger partial charge on any atom is -0.462 e. The van der Waals surface area contributed by atoms with Crippen LogP contribution in [0.3, 0.4) is 0 Å². The van der Waals surface area contributed by atoms with Gasteiger partial charge in [0.2, 0.25) is 0 Å². The van der Waals surface area contributed by atoms with Gasteiger partial charge in [0.05, 0.1) is 31.0 Å². The molecule has 1 heterocycles. The third-order valence-corrected chi connectivity index (χ3v) is 9.72. The second kappa shape index (κ2) is 18.0. The molecule has 0 saturated carbocycles. The van der Waals surface area contributed by atoms with E-state index in [1.807, 2.05) is 24.3 Å². The number of hydrogen-bond donors (Lipinski definition) is 3. The van der Waals surface area contributed by atoms with Crippen LogP contribution < -0.4 is 14.3 Å². The van der Waals surface area contributed by atoms with E-state index in [0.29, 0.717) is 35.6 Å². The molecule has 0 amide bonds. The van der Waals surface area contributed by atoms with E-state index < -0.39 is 37.9 Å². The fraction of sp³-hybridized carbons (Fsp3) is 0.429. The summed E-state index contributed by atoms with van der Waals surface area (Å²) in [6, 6.07) is 18.1. The molecule has 1 saturated heterocycles. The quantitative estimate of drug-likeness (QED) is 0.0912. The Morgan fingerprint density at radius 3 is 2.33 bits per heavy atom. The summed E-state index contributed by atoms with van der Waals surface area (Å²) in [5.41, 5.74) is 3.30. The lowest BCUT2D eigenvalue weighted by Gasteiger charge is -2.32. The van der Waals surface area contributed by atoms with E-state index in [2.05, 4.69) is 5.09 Å². The molecule has 1 aliphatic heterocycles. The fourth-order valence-electron chi connectivity index (χ4n) is 5.17. The highest BCUT2D eigenvalue weighted by molar-refractivity contribution is 7.57. The molecule has 1 unspecified atom stereocenters. The summed E-state index contributed by atoms with van der Waals surface area (Å²) >= 11 is 6.49. The summed E-state index contributed by atoms with van der Waals surface area (Å²) in [7, 11) is -2.26. The highest BCUT2D eigenvalue weighted by Gasteiger charge is 2.31. The Bertz CT molecular complexity index is 1590. The van der Waals surface area contributed by atoms with E-state index in [4.69, 9.17) is 39.8 Å². The Kier molecular flexibility index (Phi) is 14.0. The van der Waals surface area contributed by atoms with Gasteiger partial charge in [0.1, 0.15) is 30.5 Å². The Hall–Kier alpha value is -3.48. The number of nitrogens with one attached hydrogen (secondary N) is 1. The lowest BCUT2D eigenvalue weighted by Crippen LogP contribution is -2.36. The summed E-state index contributed by atoms with van der Waals surface area (Å²) in [5.74, 6) is -0.0130. The van der Waals surface area contributed by atoms with E-state index in [1.165, 1.54) is 14.0 Å². The van der Waals surface area contributed by atoms with E-state index in [9.17, 15) is 24.4 Å². The van der Waals surface area contributed by atoms with Gasteiger partial charge in [-0.2, -0.15) is 0 Å². The Morgan fingerprint density at radius 2 is 1.67 bits per heavy atom. The second-order valence-electron chi connectivity index (χ2n) is 12.0. The van der Waals surface area contributed by atoms with Crippen molar-refractivity contribution < 1.29 is 52.6 Å². The van der Waals surface area contributed by atoms with Crippen LogP contribution in [0.2, 0.25) is 5.02 Å². The molecule has 1 fully saturated rings. The molecule has 49 heavy (non-hydrogen) atoms. The smallest absolute Gasteiger partial charge is 0.462 e. The maximum absolute atomic E-state index is 13.3. The van der Waals surface area contributed by atoms with E-state index >= 15 is 0 Å². The number of ether oxygens (including phenoxy) is 5. The molecule has 1 aliphatic rings. The number of rotatable bonds is 15. The van der Waals surface area contributed by atoms with Gasteiger partial charge in [-0.1, -0.05) is 48.0 Å². The number of esters is 1. The summed E-state index contributed by atoms with van der Waals surface area (Å²) in [4.78, 5) is 24.6. The van der Waals surface area contributed by atoms with Gasteiger partial charge in [-0.05, 0) is 79.8 Å².